The van der Waals surface area contributed by atoms with Crippen LogP contribution < -0.4 is 0 Å². The van der Waals surface area contributed by atoms with Crippen LogP contribution in [-0.2, 0) is 16.3 Å². The lowest BCUT2D eigenvalue weighted by molar-refractivity contribution is -0.876. The van der Waals surface area contributed by atoms with Crippen LogP contribution in [0.2, 0.25) is 0 Å². The Bertz CT molecular complexity index is 506. The molecule has 0 aliphatic rings. The molecule has 0 spiro atoms. The molecule has 0 aliphatic carbocycles. The third kappa shape index (κ3) is 3.90. The Morgan fingerprint density at radius 3 is 2.20 bits per heavy atom. The van der Waals surface area contributed by atoms with Crippen molar-refractivity contribution in [3.05, 3.63) is 35.4 Å². The second-order valence-electron chi connectivity index (χ2n) is 6.22. The predicted octanol–water partition coefficient (Wildman–Crippen LogP) is 1.67. The quantitative estimate of drug-likeness (QED) is 0.552. The number of quaternary nitrogens is 1. The third-order valence-electron chi connectivity index (χ3n) is 3.14. The maximum Gasteiger partial charge on any atom is 0.367 e. The summed E-state index contributed by atoms with van der Waals surface area (Å²) in [6, 6.07) is 6.94. The molecular weight excluding hydrogens is 277 g/mol. The van der Waals surface area contributed by atoms with Crippen molar-refractivity contribution in [2.75, 3.05) is 27.7 Å². The van der Waals surface area contributed by atoms with Crippen LogP contribution in [0.3, 0.4) is 0 Å². The zero-order valence-corrected chi connectivity index (χ0v) is 13.5. The molecule has 20 heavy (non-hydrogen) atoms. The van der Waals surface area contributed by atoms with Gasteiger partial charge in [0.1, 0.15) is 6.54 Å². The Kier molecular flexibility index (Phi) is 5.17. The summed E-state index contributed by atoms with van der Waals surface area (Å²) >= 11 is 0. The molecule has 1 atom stereocenters. The molecule has 6 heteroatoms. The van der Waals surface area contributed by atoms with E-state index in [0.29, 0.717) is 12.0 Å². The van der Waals surface area contributed by atoms with E-state index < -0.39 is 12.9 Å². The standard InChI is InChI=1S/C14H24NO4P/c1-5-8-12-9-6-7-10-13(12)14(16,20(17,18)19)11-15(2,3)4/h6-7,9-10,16H,5,8,11H2,1-4H3,(H-,17,18,19)/p+1. The minimum atomic E-state index is -4.72. The third-order valence-corrected chi connectivity index (χ3v) is 4.49. The van der Waals surface area contributed by atoms with Crippen LogP contribution >= 0.6 is 7.60 Å². The van der Waals surface area contributed by atoms with Gasteiger partial charge in [0.05, 0.1) is 21.1 Å². The average Bonchev–Trinajstić information content (AvgIpc) is 2.26. The molecule has 0 fully saturated rings. The molecule has 5 nitrogen and oxygen atoms in total. The van der Waals surface area contributed by atoms with Crippen molar-refractivity contribution >= 4 is 7.60 Å². The molecule has 0 radical (unpaired) electrons. The molecule has 0 amide bonds. The summed E-state index contributed by atoms with van der Waals surface area (Å²) in [6.45, 7) is 1.94. The minimum absolute atomic E-state index is 0.0575. The molecule has 0 saturated carbocycles. The van der Waals surface area contributed by atoms with E-state index in [4.69, 9.17) is 0 Å². The SMILES string of the molecule is CCCc1ccccc1C(O)(C[N+](C)(C)C)P(=O)(O)O. The van der Waals surface area contributed by atoms with E-state index in [1.54, 1.807) is 33.3 Å². The molecule has 1 aromatic carbocycles. The van der Waals surface area contributed by atoms with Crippen LogP contribution in [0, 0.1) is 0 Å². The molecule has 1 unspecified atom stereocenters. The van der Waals surface area contributed by atoms with Gasteiger partial charge in [-0.2, -0.15) is 0 Å². The summed E-state index contributed by atoms with van der Waals surface area (Å²) in [5, 5.41) is 8.63. The van der Waals surface area contributed by atoms with Gasteiger partial charge in [-0.25, -0.2) is 0 Å². The van der Waals surface area contributed by atoms with Crippen LogP contribution in [0.4, 0.5) is 0 Å². The topological polar surface area (TPSA) is 77.8 Å². The lowest BCUT2D eigenvalue weighted by Crippen LogP contribution is -2.47. The average molecular weight is 302 g/mol. The van der Waals surface area contributed by atoms with Gasteiger partial charge in [-0.3, -0.25) is 4.57 Å². The van der Waals surface area contributed by atoms with E-state index >= 15 is 0 Å². The molecule has 0 saturated heterocycles. The summed E-state index contributed by atoms with van der Waals surface area (Å²) in [6.07, 6.45) is 1.52. The van der Waals surface area contributed by atoms with E-state index in [9.17, 15) is 19.5 Å². The number of aryl methyl sites for hydroxylation is 1. The molecule has 0 aromatic heterocycles. The summed E-state index contributed by atoms with van der Waals surface area (Å²) < 4.78 is 12.2. The van der Waals surface area contributed by atoms with Gasteiger partial charge in [0.25, 0.3) is 0 Å². The van der Waals surface area contributed by atoms with Gasteiger partial charge in [0.2, 0.25) is 5.34 Å². The van der Waals surface area contributed by atoms with Crippen molar-refractivity contribution in [2.45, 2.75) is 25.1 Å². The van der Waals surface area contributed by atoms with Crippen LogP contribution in [0.15, 0.2) is 24.3 Å². The van der Waals surface area contributed by atoms with Gasteiger partial charge < -0.3 is 19.4 Å². The van der Waals surface area contributed by atoms with Gasteiger partial charge in [0, 0.05) is 5.56 Å². The number of rotatable bonds is 6. The van der Waals surface area contributed by atoms with Crippen molar-refractivity contribution in [3.8, 4) is 0 Å². The van der Waals surface area contributed by atoms with Gasteiger partial charge in [0.15, 0.2) is 0 Å². The maximum atomic E-state index is 11.9. The Hall–Kier alpha value is -0.710. The van der Waals surface area contributed by atoms with Crippen molar-refractivity contribution < 1.29 is 23.9 Å². The highest BCUT2D eigenvalue weighted by molar-refractivity contribution is 7.52. The molecule has 0 heterocycles. The number of likely N-dealkylation sites (N-methyl/N-ethyl adjacent to an activating group) is 1. The number of benzene rings is 1. The number of nitrogens with zero attached hydrogens (tertiary/aromatic N) is 1. The van der Waals surface area contributed by atoms with E-state index in [1.807, 2.05) is 19.1 Å². The normalized spacial score (nSPS) is 15.9. The number of hydrogen-bond acceptors (Lipinski definition) is 2. The van der Waals surface area contributed by atoms with Crippen LogP contribution in [0.1, 0.15) is 24.5 Å². The van der Waals surface area contributed by atoms with Crippen LogP contribution in [0.25, 0.3) is 0 Å². The molecule has 0 aliphatic heterocycles. The van der Waals surface area contributed by atoms with Crippen LogP contribution in [-0.4, -0.2) is 47.1 Å². The van der Waals surface area contributed by atoms with Gasteiger partial charge in [-0.1, -0.05) is 37.6 Å². The highest BCUT2D eigenvalue weighted by Crippen LogP contribution is 2.56. The monoisotopic (exact) mass is 302 g/mol. The lowest BCUT2D eigenvalue weighted by Gasteiger charge is -2.36. The van der Waals surface area contributed by atoms with E-state index in [1.165, 1.54) is 0 Å². The Morgan fingerprint density at radius 1 is 1.20 bits per heavy atom. The number of aliphatic hydroxyl groups is 1. The lowest BCUT2D eigenvalue weighted by atomic mass is 9.98. The molecular formula is C14H25NO4P+. The van der Waals surface area contributed by atoms with Crippen molar-refractivity contribution in [2.24, 2.45) is 0 Å². The fourth-order valence-electron chi connectivity index (χ4n) is 2.39. The van der Waals surface area contributed by atoms with Gasteiger partial charge >= 0.3 is 7.60 Å². The van der Waals surface area contributed by atoms with Gasteiger partial charge in [-0.05, 0) is 12.0 Å². The van der Waals surface area contributed by atoms with E-state index in [0.717, 1.165) is 12.0 Å². The summed E-state index contributed by atoms with van der Waals surface area (Å²) in [4.78, 5) is 19.4. The Morgan fingerprint density at radius 2 is 1.75 bits per heavy atom. The van der Waals surface area contributed by atoms with Crippen molar-refractivity contribution in [3.63, 3.8) is 0 Å². The molecule has 1 aromatic rings. The first-order valence-corrected chi connectivity index (χ1v) is 8.29. The minimum Gasteiger partial charge on any atom is -0.369 e. The molecule has 114 valence electrons. The summed E-state index contributed by atoms with van der Waals surface area (Å²) in [7, 11) is 0.667. The van der Waals surface area contributed by atoms with Crippen molar-refractivity contribution in [1.29, 1.82) is 0 Å². The first-order chi connectivity index (χ1) is 9.01. The summed E-state index contributed by atoms with van der Waals surface area (Å²) in [5.74, 6) is 0. The zero-order valence-electron chi connectivity index (χ0n) is 12.6. The highest BCUT2D eigenvalue weighted by atomic mass is 31.2. The maximum absolute atomic E-state index is 11.9. The molecule has 1 rings (SSSR count). The highest BCUT2D eigenvalue weighted by Gasteiger charge is 2.51. The molecule has 0 bridgehead atoms. The Balaban J connectivity index is 3.43. The summed E-state index contributed by atoms with van der Waals surface area (Å²) in [5.41, 5.74) is 1.12. The first-order valence-electron chi connectivity index (χ1n) is 6.68. The van der Waals surface area contributed by atoms with E-state index in [2.05, 4.69) is 0 Å². The second kappa shape index (κ2) is 5.96. The van der Waals surface area contributed by atoms with Crippen molar-refractivity contribution in [1.82, 2.24) is 0 Å². The van der Waals surface area contributed by atoms with E-state index in [-0.39, 0.29) is 11.0 Å². The fraction of sp³-hybridized carbons (Fsp3) is 0.571. The molecule has 3 N–H and O–H groups in total. The largest absolute Gasteiger partial charge is 0.369 e. The second-order valence-corrected chi connectivity index (χ2v) is 8.04. The smallest absolute Gasteiger partial charge is 0.367 e. The van der Waals surface area contributed by atoms with Crippen LogP contribution in [0.5, 0.6) is 0 Å². The fourth-order valence-corrected chi connectivity index (χ4v) is 3.53. The Labute approximate surface area is 120 Å². The zero-order chi connectivity index (χ0) is 15.6. The van der Waals surface area contributed by atoms with Gasteiger partial charge in [-0.15, -0.1) is 0 Å². The predicted molar refractivity (Wildman–Crippen MR) is 79.3 cm³/mol. The number of hydrogen-bond donors (Lipinski definition) is 3. The first kappa shape index (κ1) is 17.3.